The Morgan fingerprint density at radius 3 is 3.05 bits per heavy atom. The van der Waals surface area contributed by atoms with E-state index >= 15 is 0 Å². The van der Waals surface area contributed by atoms with E-state index in [1.807, 2.05) is 25.1 Å². The van der Waals surface area contributed by atoms with Gasteiger partial charge in [0.2, 0.25) is 12.7 Å². The summed E-state index contributed by atoms with van der Waals surface area (Å²) in [5, 5.41) is 2.90. The summed E-state index contributed by atoms with van der Waals surface area (Å²) in [6.45, 7) is 3.28. The molecule has 5 nitrogen and oxygen atoms in total. The minimum absolute atomic E-state index is 0.0221. The van der Waals surface area contributed by atoms with Crippen LogP contribution in [0.4, 0.5) is 0 Å². The molecule has 0 radical (unpaired) electrons. The summed E-state index contributed by atoms with van der Waals surface area (Å²) in [7, 11) is 0. The molecular weight excluding hydrogens is 244 g/mol. The van der Waals surface area contributed by atoms with Gasteiger partial charge in [-0.05, 0) is 18.5 Å². The van der Waals surface area contributed by atoms with Crippen molar-refractivity contribution in [2.24, 2.45) is 11.7 Å². The lowest BCUT2D eigenvalue weighted by atomic mass is 10.0. The number of para-hydroxylation sites is 1. The summed E-state index contributed by atoms with van der Waals surface area (Å²) in [5.74, 6) is 1.74. The number of hydrogen-bond acceptors (Lipinski definition) is 4. The van der Waals surface area contributed by atoms with Gasteiger partial charge in [-0.2, -0.15) is 0 Å². The first kappa shape index (κ1) is 13.7. The Morgan fingerprint density at radius 1 is 1.47 bits per heavy atom. The predicted molar refractivity (Wildman–Crippen MR) is 71.9 cm³/mol. The standard InChI is InChI=1S/C14H20N2O3/c1-2-10(7-15)6-13(17)16-8-11-4-3-5-12-14(11)19-9-18-12/h3-5,10H,2,6-9,15H2,1H3,(H,16,17). The van der Waals surface area contributed by atoms with Gasteiger partial charge in [-0.15, -0.1) is 0 Å². The van der Waals surface area contributed by atoms with Crippen LogP contribution < -0.4 is 20.5 Å². The Bertz CT molecular complexity index is 444. The summed E-state index contributed by atoms with van der Waals surface area (Å²) in [6, 6.07) is 5.67. The molecule has 1 unspecified atom stereocenters. The van der Waals surface area contributed by atoms with Crippen molar-refractivity contribution < 1.29 is 14.3 Å². The maximum Gasteiger partial charge on any atom is 0.231 e. The molecule has 1 aromatic carbocycles. The lowest BCUT2D eigenvalue weighted by Gasteiger charge is -2.12. The largest absolute Gasteiger partial charge is 0.454 e. The highest BCUT2D eigenvalue weighted by Crippen LogP contribution is 2.35. The van der Waals surface area contributed by atoms with Crippen molar-refractivity contribution in [3.8, 4) is 11.5 Å². The fourth-order valence-corrected chi connectivity index (χ4v) is 2.05. The summed E-state index contributed by atoms with van der Waals surface area (Å²) in [4.78, 5) is 11.8. The molecule has 0 spiro atoms. The summed E-state index contributed by atoms with van der Waals surface area (Å²) < 4.78 is 10.7. The average molecular weight is 264 g/mol. The van der Waals surface area contributed by atoms with Crippen LogP contribution in [0, 0.1) is 5.92 Å². The number of fused-ring (bicyclic) bond motifs is 1. The second-order valence-electron chi connectivity index (χ2n) is 4.64. The van der Waals surface area contributed by atoms with E-state index in [1.165, 1.54) is 0 Å². The summed E-state index contributed by atoms with van der Waals surface area (Å²) in [5.41, 5.74) is 6.53. The number of benzene rings is 1. The van der Waals surface area contributed by atoms with Crippen molar-refractivity contribution >= 4 is 5.91 Å². The third-order valence-electron chi connectivity index (χ3n) is 3.34. The molecule has 0 aliphatic carbocycles. The lowest BCUT2D eigenvalue weighted by molar-refractivity contribution is -0.122. The number of carbonyl (C=O) groups excluding carboxylic acids is 1. The van der Waals surface area contributed by atoms with Gasteiger partial charge in [0.05, 0.1) is 0 Å². The smallest absolute Gasteiger partial charge is 0.231 e. The van der Waals surface area contributed by atoms with E-state index in [9.17, 15) is 4.79 Å². The second kappa shape index (κ2) is 6.43. The van der Waals surface area contributed by atoms with Crippen molar-refractivity contribution in [2.45, 2.75) is 26.3 Å². The quantitative estimate of drug-likeness (QED) is 0.814. The van der Waals surface area contributed by atoms with Crippen LogP contribution >= 0.6 is 0 Å². The van der Waals surface area contributed by atoms with Crippen molar-refractivity contribution in [1.82, 2.24) is 5.32 Å². The number of nitrogens with one attached hydrogen (secondary N) is 1. The van der Waals surface area contributed by atoms with Gasteiger partial charge in [0.15, 0.2) is 11.5 Å². The molecule has 1 aromatic rings. The van der Waals surface area contributed by atoms with E-state index in [-0.39, 0.29) is 18.6 Å². The van der Waals surface area contributed by atoms with E-state index in [2.05, 4.69) is 5.32 Å². The van der Waals surface area contributed by atoms with E-state index in [4.69, 9.17) is 15.2 Å². The molecule has 5 heteroatoms. The molecule has 0 aromatic heterocycles. The van der Waals surface area contributed by atoms with Crippen molar-refractivity contribution in [2.75, 3.05) is 13.3 Å². The number of hydrogen-bond donors (Lipinski definition) is 2. The average Bonchev–Trinajstić information content (AvgIpc) is 2.91. The van der Waals surface area contributed by atoms with E-state index in [1.54, 1.807) is 0 Å². The van der Waals surface area contributed by atoms with Crippen LogP contribution in [0.15, 0.2) is 18.2 Å². The molecule has 0 saturated carbocycles. The molecule has 1 aliphatic heterocycles. The monoisotopic (exact) mass is 264 g/mol. The van der Waals surface area contributed by atoms with Crippen LogP contribution in [0.3, 0.4) is 0 Å². The maximum absolute atomic E-state index is 11.8. The fraction of sp³-hybridized carbons (Fsp3) is 0.500. The minimum atomic E-state index is 0.0221. The zero-order chi connectivity index (χ0) is 13.7. The molecule has 1 amide bonds. The van der Waals surface area contributed by atoms with Gasteiger partial charge >= 0.3 is 0 Å². The molecule has 2 rings (SSSR count). The van der Waals surface area contributed by atoms with Gasteiger partial charge < -0.3 is 20.5 Å². The topological polar surface area (TPSA) is 73.6 Å². The number of carbonyl (C=O) groups is 1. The molecule has 0 saturated heterocycles. The normalized spacial score (nSPS) is 14.2. The third kappa shape index (κ3) is 3.38. The number of nitrogens with two attached hydrogens (primary N) is 1. The minimum Gasteiger partial charge on any atom is -0.454 e. The molecule has 19 heavy (non-hydrogen) atoms. The zero-order valence-electron chi connectivity index (χ0n) is 11.1. The van der Waals surface area contributed by atoms with Gasteiger partial charge in [-0.25, -0.2) is 0 Å². The Balaban J connectivity index is 1.89. The van der Waals surface area contributed by atoms with Crippen LogP contribution in [-0.4, -0.2) is 19.2 Å². The first-order chi connectivity index (χ1) is 9.24. The molecule has 3 N–H and O–H groups in total. The first-order valence-electron chi connectivity index (χ1n) is 6.58. The van der Waals surface area contributed by atoms with Gasteiger partial charge in [0, 0.05) is 18.5 Å². The van der Waals surface area contributed by atoms with E-state index in [0.717, 1.165) is 23.5 Å². The second-order valence-corrected chi connectivity index (χ2v) is 4.64. The molecule has 0 fully saturated rings. The summed E-state index contributed by atoms with van der Waals surface area (Å²) in [6.07, 6.45) is 1.39. The third-order valence-corrected chi connectivity index (χ3v) is 3.34. The molecule has 1 heterocycles. The van der Waals surface area contributed by atoms with Crippen LogP contribution in [0.5, 0.6) is 11.5 Å². The number of ether oxygens (including phenoxy) is 2. The number of amides is 1. The molecule has 0 bridgehead atoms. The van der Waals surface area contributed by atoms with Crippen LogP contribution in [0.2, 0.25) is 0 Å². The Labute approximate surface area is 113 Å². The van der Waals surface area contributed by atoms with Crippen LogP contribution in [-0.2, 0) is 11.3 Å². The highest BCUT2D eigenvalue weighted by molar-refractivity contribution is 5.76. The lowest BCUT2D eigenvalue weighted by Crippen LogP contribution is -2.27. The van der Waals surface area contributed by atoms with Gasteiger partial charge in [-0.1, -0.05) is 25.5 Å². The van der Waals surface area contributed by atoms with Gasteiger partial charge in [-0.3, -0.25) is 4.79 Å². The van der Waals surface area contributed by atoms with Crippen molar-refractivity contribution in [1.29, 1.82) is 0 Å². The first-order valence-corrected chi connectivity index (χ1v) is 6.58. The Kier molecular flexibility index (Phi) is 4.63. The zero-order valence-corrected chi connectivity index (χ0v) is 11.1. The Morgan fingerprint density at radius 2 is 2.32 bits per heavy atom. The fourth-order valence-electron chi connectivity index (χ4n) is 2.05. The highest BCUT2D eigenvalue weighted by atomic mass is 16.7. The van der Waals surface area contributed by atoms with Crippen molar-refractivity contribution in [3.63, 3.8) is 0 Å². The molecule has 1 atom stereocenters. The maximum atomic E-state index is 11.8. The number of rotatable bonds is 6. The molecule has 1 aliphatic rings. The van der Waals surface area contributed by atoms with Crippen LogP contribution in [0.25, 0.3) is 0 Å². The van der Waals surface area contributed by atoms with E-state index in [0.29, 0.717) is 19.5 Å². The predicted octanol–water partition coefficient (Wildman–Crippen LogP) is 1.41. The SMILES string of the molecule is CCC(CN)CC(=O)NCc1cccc2c1OCO2. The van der Waals surface area contributed by atoms with E-state index < -0.39 is 0 Å². The van der Waals surface area contributed by atoms with Gasteiger partial charge in [0.1, 0.15) is 0 Å². The Hall–Kier alpha value is -1.75. The van der Waals surface area contributed by atoms with Crippen LogP contribution in [0.1, 0.15) is 25.3 Å². The summed E-state index contributed by atoms with van der Waals surface area (Å²) >= 11 is 0. The highest BCUT2D eigenvalue weighted by Gasteiger charge is 2.17. The molecular formula is C14H20N2O3. The van der Waals surface area contributed by atoms with Crippen molar-refractivity contribution in [3.05, 3.63) is 23.8 Å². The molecule has 104 valence electrons. The van der Waals surface area contributed by atoms with Gasteiger partial charge in [0.25, 0.3) is 0 Å².